The van der Waals surface area contributed by atoms with Gasteiger partial charge in [0, 0.05) is 11.6 Å². The number of halogens is 1. The van der Waals surface area contributed by atoms with Crippen molar-refractivity contribution in [1.82, 2.24) is 10.5 Å². The monoisotopic (exact) mass is 274 g/mol. The van der Waals surface area contributed by atoms with Gasteiger partial charge in [-0.2, -0.15) is 0 Å². The summed E-state index contributed by atoms with van der Waals surface area (Å²) < 4.78 is 4.81. The van der Waals surface area contributed by atoms with E-state index in [0.717, 1.165) is 5.56 Å². The number of benzene rings is 1. The largest absolute Gasteiger partial charge is 0.361 e. The second-order valence-electron chi connectivity index (χ2n) is 3.79. The molecule has 0 saturated heterocycles. The van der Waals surface area contributed by atoms with Gasteiger partial charge in [-0.3, -0.25) is 4.79 Å². The molecule has 0 aliphatic carbocycles. The molecular weight excluding hydrogens is 264 g/mol. The van der Waals surface area contributed by atoms with E-state index in [2.05, 4.69) is 22.3 Å². The van der Waals surface area contributed by atoms with Crippen LogP contribution in [0.5, 0.6) is 0 Å². The lowest BCUT2D eigenvalue weighted by Gasteiger charge is -1.96. The second-order valence-corrected chi connectivity index (χ2v) is 4.19. The van der Waals surface area contributed by atoms with Crippen LogP contribution in [0.1, 0.15) is 21.8 Å². The smallest absolute Gasteiger partial charge is 0.274 e. The van der Waals surface area contributed by atoms with Gasteiger partial charge in [0.1, 0.15) is 5.76 Å². The van der Waals surface area contributed by atoms with Crippen molar-refractivity contribution < 1.29 is 9.32 Å². The standard InChI is InChI=1S/C14H11ClN2O2/c1-10-9-13(17-19-10)14(18)16-8-4-6-11-5-2-3-7-12(11)15/h2-3,5,7,9H,8H2,1H3,(H,16,18). The van der Waals surface area contributed by atoms with Gasteiger partial charge < -0.3 is 9.84 Å². The first kappa shape index (κ1) is 13.2. The Balaban J connectivity index is 1.91. The van der Waals surface area contributed by atoms with Crippen LogP contribution in [0.25, 0.3) is 0 Å². The molecule has 0 saturated carbocycles. The number of hydrogen-bond acceptors (Lipinski definition) is 3. The first-order chi connectivity index (χ1) is 9.16. The first-order valence-electron chi connectivity index (χ1n) is 5.62. The van der Waals surface area contributed by atoms with Crippen LogP contribution in [0, 0.1) is 18.8 Å². The summed E-state index contributed by atoms with van der Waals surface area (Å²) in [7, 11) is 0. The van der Waals surface area contributed by atoms with Crippen molar-refractivity contribution in [1.29, 1.82) is 0 Å². The quantitative estimate of drug-likeness (QED) is 0.856. The minimum Gasteiger partial charge on any atom is -0.361 e. The number of nitrogens with zero attached hydrogens (tertiary/aromatic N) is 1. The van der Waals surface area contributed by atoms with Crippen molar-refractivity contribution in [2.45, 2.75) is 6.92 Å². The van der Waals surface area contributed by atoms with Crippen LogP contribution in [0.4, 0.5) is 0 Å². The van der Waals surface area contributed by atoms with Crippen LogP contribution in [0.3, 0.4) is 0 Å². The zero-order valence-electron chi connectivity index (χ0n) is 10.2. The van der Waals surface area contributed by atoms with Gasteiger partial charge in [-0.25, -0.2) is 0 Å². The summed E-state index contributed by atoms with van der Waals surface area (Å²) in [6, 6.07) is 8.84. The van der Waals surface area contributed by atoms with Crippen LogP contribution >= 0.6 is 11.6 Å². The fourth-order valence-electron chi connectivity index (χ4n) is 1.39. The second kappa shape index (κ2) is 6.07. The lowest BCUT2D eigenvalue weighted by Crippen LogP contribution is -2.23. The fraction of sp³-hybridized carbons (Fsp3) is 0.143. The van der Waals surface area contributed by atoms with Crippen LogP contribution in [-0.4, -0.2) is 17.6 Å². The average molecular weight is 275 g/mol. The molecule has 0 unspecified atom stereocenters. The van der Waals surface area contributed by atoms with Gasteiger partial charge in [0.25, 0.3) is 5.91 Å². The fourth-order valence-corrected chi connectivity index (χ4v) is 1.57. The maximum absolute atomic E-state index is 11.6. The molecule has 2 rings (SSSR count). The van der Waals surface area contributed by atoms with Crippen molar-refractivity contribution in [2.75, 3.05) is 6.54 Å². The SMILES string of the molecule is Cc1cc(C(=O)NCC#Cc2ccccc2Cl)no1. The van der Waals surface area contributed by atoms with Crippen molar-refractivity contribution in [2.24, 2.45) is 0 Å². The van der Waals surface area contributed by atoms with Gasteiger partial charge >= 0.3 is 0 Å². The third-order valence-corrected chi connectivity index (χ3v) is 2.62. The van der Waals surface area contributed by atoms with Gasteiger partial charge in [-0.15, -0.1) is 0 Å². The summed E-state index contributed by atoms with van der Waals surface area (Å²) in [6.45, 7) is 1.94. The molecule has 4 nitrogen and oxygen atoms in total. The molecule has 2 aromatic rings. The number of rotatable bonds is 2. The highest BCUT2D eigenvalue weighted by molar-refractivity contribution is 6.31. The Bertz CT molecular complexity index is 653. The normalized spacial score (nSPS) is 9.58. The molecule has 0 bridgehead atoms. The number of hydrogen-bond donors (Lipinski definition) is 1. The van der Waals surface area contributed by atoms with Crippen LogP contribution in [0.15, 0.2) is 34.9 Å². The Morgan fingerprint density at radius 1 is 1.47 bits per heavy atom. The lowest BCUT2D eigenvalue weighted by molar-refractivity contribution is 0.0949. The number of aromatic nitrogens is 1. The van der Waals surface area contributed by atoms with Crippen LogP contribution in [0.2, 0.25) is 5.02 Å². The lowest BCUT2D eigenvalue weighted by atomic mass is 10.2. The molecule has 19 heavy (non-hydrogen) atoms. The molecule has 0 aliphatic rings. The number of aryl methyl sites for hydroxylation is 1. The number of nitrogens with one attached hydrogen (secondary N) is 1. The van der Waals surface area contributed by atoms with Crippen LogP contribution < -0.4 is 5.32 Å². The topological polar surface area (TPSA) is 55.1 Å². The summed E-state index contributed by atoms with van der Waals surface area (Å²) in [5.41, 5.74) is 0.979. The van der Waals surface area contributed by atoms with Crippen LogP contribution in [-0.2, 0) is 0 Å². The molecule has 0 aliphatic heterocycles. The Hall–Kier alpha value is -2.25. The predicted molar refractivity (Wildman–Crippen MR) is 71.9 cm³/mol. The molecule has 0 fully saturated rings. The van der Waals surface area contributed by atoms with E-state index < -0.39 is 0 Å². The van der Waals surface area contributed by atoms with E-state index in [4.69, 9.17) is 16.1 Å². The highest BCUT2D eigenvalue weighted by atomic mass is 35.5. The minimum atomic E-state index is -0.315. The van der Waals surface area contributed by atoms with E-state index in [9.17, 15) is 4.79 Å². The van der Waals surface area contributed by atoms with E-state index in [-0.39, 0.29) is 18.1 Å². The van der Waals surface area contributed by atoms with Crippen molar-refractivity contribution in [3.8, 4) is 11.8 Å². The van der Waals surface area contributed by atoms with E-state index in [1.165, 1.54) is 0 Å². The molecule has 5 heteroatoms. The van der Waals surface area contributed by atoms with Gasteiger partial charge in [0.05, 0.1) is 11.6 Å². The number of amides is 1. The zero-order chi connectivity index (χ0) is 13.7. The molecular formula is C14H11ClN2O2. The maximum Gasteiger partial charge on any atom is 0.274 e. The summed E-state index contributed by atoms with van der Waals surface area (Å²) in [5, 5.41) is 6.83. The molecule has 0 atom stereocenters. The van der Waals surface area contributed by atoms with Gasteiger partial charge in [-0.05, 0) is 19.1 Å². The molecule has 1 N–H and O–H groups in total. The Labute approximate surface area is 115 Å². The zero-order valence-corrected chi connectivity index (χ0v) is 11.0. The predicted octanol–water partition coefficient (Wildman–Crippen LogP) is 2.42. The third kappa shape index (κ3) is 3.60. The maximum atomic E-state index is 11.6. The molecule has 0 radical (unpaired) electrons. The van der Waals surface area contributed by atoms with E-state index in [1.54, 1.807) is 19.1 Å². The Kier molecular flexibility index (Phi) is 4.22. The van der Waals surface area contributed by atoms with E-state index in [1.807, 2.05) is 18.2 Å². The summed E-state index contributed by atoms with van der Waals surface area (Å²) >= 11 is 5.95. The van der Waals surface area contributed by atoms with E-state index >= 15 is 0 Å². The molecule has 1 amide bonds. The first-order valence-corrected chi connectivity index (χ1v) is 5.99. The highest BCUT2D eigenvalue weighted by Crippen LogP contribution is 2.12. The molecule has 1 aromatic heterocycles. The van der Waals surface area contributed by atoms with Crippen molar-refractivity contribution >= 4 is 17.5 Å². The molecule has 1 aromatic carbocycles. The molecule has 0 spiro atoms. The summed E-state index contributed by atoms with van der Waals surface area (Å²) in [4.78, 5) is 11.6. The Morgan fingerprint density at radius 2 is 2.26 bits per heavy atom. The average Bonchev–Trinajstić information content (AvgIpc) is 2.83. The summed E-state index contributed by atoms with van der Waals surface area (Å²) in [5.74, 6) is 5.99. The Morgan fingerprint density at radius 3 is 2.95 bits per heavy atom. The molecule has 96 valence electrons. The van der Waals surface area contributed by atoms with Crippen molar-refractivity contribution in [3.63, 3.8) is 0 Å². The minimum absolute atomic E-state index is 0.218. The van der Waals surface area contributed by atoms with E-state index in [0.29, 0.717) is 10.8 Å². The van der Waals surface area contributed by atoms with Crippen molar-refractivity contribution in [3.05, 3.63) is 52.4 Å². The summed E-state index contributed by atoms with van der Waals surface area (Å²) in [6.07, 6.45) is 0. The molecule has 1 heterocycles. The highest BCUT2D eigenvalue weighted by Gasteiger charge is 2.08. The number of carbonyl (C=O) groups is 1. The number of carbonyl (C=O) groups excluding carboxylic acids is 1. The van der Waals surface area contributed by atoms with Gasteiger partial charge in [-0.1, -0.05) is 40.7 Å². The third-order valence-electron chi connectivity index (χ3n) is 2.29. The van der Waals surface area contributed by atoms with Gasteiger partial charge in [0.2, 0.25) is 0 Å². The van der Waals surface area contributed by atoms with Gasteiger partial charge in [0.15, 0.2) is 5.69 Å².